The van der Waals surface area contributed by atoms with E-state index in [9.17, 15) is 4.79 Å². The van der Waals surface area contributed by atoms with E-state index in [4.69, 9.17) is 5.73 Å². The second-order valence-electron chi connectivity index (χ2n) is 5.38. The Hall–Kier alpha value is -1.42. The van der Waals surface area contributed by atoms with Gasteiger partial charge in [0.1, 0.15) is 0 Å². The third-order valence-electron chi connectivity index (χ3n) is 3.95. The van der Waals surface area contributed by atoms with Gasteiger partial charge in [0.15, 0.2) is 0 Å². The fourth-order valence-electron chi connectivity index (χ4n) is 2.60. The van der Waals surface area contributed by atoms with Crippen molar-refractivity contribution < 1.29 is 4.79 Å². The van der Waals surface area contributed by atoms with Crippen molar-refractivity contribution in [1.82, 2.24) is 9.88 Å². The van der Waals surface area contributed by atoms with Gasteiger partial charge in [-0.25, -0.2) is 0 Å². The van der Waals surface area contributed by atoms with Gasteiger partial charge in [0, 0.05) is 43.9 Å². The van der Waals surface area contributed by atoms with Crippen molar-refractivity contribution >= 4 is 5.91 Å². The lowest BCUT2D eigenvalue weighted by atomic mass is 10.0. The molecule has 4 heteroatoms. The first-order valence-electron chi connectivity index (χ1n) is 6.70. The molecule has 0 radical (unpaired) electrons. The second kappa shape index (κ2) is 4.69. The number of hydrogen-bond acceptors (Lipinski definition) is 3. The van der Waals surface area contributed by atoms with Gasteiger partial charge in [-0.2, -0.15) is 0 Å². The number of nitrogens with zero attached hydrogens (tertiary/aromatic N) is 2. The Morgan fingerprint density at radius 1 is 1.56 bits per heavy atom. The average molecular weight is 245 g/mol. The van der Waals surface area contributed by atoms with Crippen molar-refractivity contribution in [3.8, 4) is 0 Å². The Bertz CT molecular complexity index is 456. The highest BCUT2D eigenvalue weighted by Gasteiger charge is 2.31. The number of carbonyl (C=O) groups is 1. The quantitative estimate of drug-likeness (QED) is 0.867. The monoisotopic (exact) mass is 245 g/mol. The smallest absolute Gasteiger partial charge is 0.224 e. The zero-order valence-electron chi connectivity index (χ0n) is 10.5. The number of aromatic nitrogens is 1. The highest BCUT2D eigenvalue weighted by Crippen LogP contribution is 2.33. The normalized spacial score (nSPS) is 20.4. The molecule has 2 heterocycles. The molecule has 2 N–H and O–H groups in total. The molecule has 4 nitrogen and oxygen atoms in total. The fourth-order valence-corrected chi connectivity index (χ4v) is 2.60. The van der Waals surface area contributed by atoms with E-state index in [1.807, 2.05) is 17.2 Å². The third kappa shape index (κ3) is 2.38. The van der Waals surface area contributed by atoms with Gasteiger partial charge in [-0.1, -0.05) is 6.07 Å². The molecule has 1 fully saturated rings. The number of nitrogens with two attached hydrogens (primary N) is 1. The van der Waals surface area contributed by atoms with E-state index in [2.05, 4.69) is 11.1 Å². The second-order valence-corrected chi connectivity index (χ2v) is 5.38. The Morgan fingerprint density at radius 3 is 3.17 bits per heavy atom. The molecule has 1 unspecified atom stereocenters. The molecular weight excluding hydrogens is 226 g/mol. The van der Waals surface area contributed by atoms with Crippen LogP contribution in [0.15, 0.2) is 18.3 Å². The lowest BCUT2D eigenvalue weighted by Gasteiger charge is -2.29. The molecule has 96 valence electrons. The fraction of sp³-hybridized carbons (Fsp3) is 0.571. The van der Waals surface area contributed by atoms with Crippen molar-refractivity contribution in [2.75, 3.05) is 6.54 Å². The summed E-state index contributed by atoms with van der Waals surface area (Å²) in [4.78, 5) is 18.4. The molecule has 1 aromatic rings. The number of hydrogen-bond donors (Lipinski definition) is 1. The Morgan fingerprint density at radius 2 is 2.39 bits per heavy atom. The SMILES string of the molecule is NC(CC(=O)N1CCc2ncccc2C1)C1CC1. The third-order valence-corrected chi connectivity index (χ3v) is 3.95. The zero-order valence-corrected chi connectivity index (χ0v) is 10.5. The lowest BCUT2D eigenvalue weighted by molar-refractivity contribution is -0.132. The van der Waals surface area contributed by atoms with Crippen LogP contribution in [0, 0.1) is 5.92 Å². The zero-order chi connectivity index (χ0) is 12.5. The number of amides is 1. The number of pyridine rings is 1. The van der Waals surface area contributed by atoms with Crippen LogP contribution in [0.25, 0.3) is 0 Å². The van der Waals surface area contributed by atoms with E-state index in [1.54, 1.807) is 0 Å². The summed E-state index contributed by atoms with van der Waals surface area (Å²) in [5, 5.41) is 0. The minimum absolute atomic E-state index is 0.0628. The molecule has 1 saturated carbocycles. The molecule has 2 aliphatic rings. The Balaban J connectivity index is 1.62. The molecule has 1 atom stereocenters. The first-order valence-corrected chi connectivity index (χ1v) is 6.70. The van der Waals surface area contributed by atoms with Crippen LogP contribution < -0.4 is 5.73 Å². The van der Waals surface area contributed by atoms with Gasteiger partial charge in [0.05, 0.1) is 0 Å². The van der Waals surface area contributed by atoms with Crippen molar-refractivity contribution in [1.29, 1.82) is 0 Å². The highest BCUT2D eigenvalue weighted by atomic mass is 16.2. The minimum atomic E-state index is 0.0628. The Kier molecular flexibility index (Phi) is 3.04. The summed E-state index contributed by atoms with van der Waals surface area (Å²) in [6, 6.07) is 4.05. The molecule has 18 heavy (non-hydrogen) atoms. The molecule has 1 aliphatic heterocycles. The van der Waals surface area contributed by atoms with Gasteiger partial charge in [0.25, 0.3) is 0 Å². The predicted octanol–water partition coefficient (Wildman–Crippen LogP) is 1.09. The summed E-state index contributed by atoms with van der Waals surface area (Å²) >= 11 is 0. The molecule has 1 amide bonds. The van der Waals surface area contributed by atoms with Crippen LogP contribution in [0.3, 0.4) is 0 Å². The van der Waals surface area contributed by atoms with Gasteiger partial charge in [-0.05, 0) is 30.4 Å². The summed E-state index contributed by atoms with van der Waals surface area (Å²) in [6.45, 7) is 1.47. The lowest BCUT2D eigenvalue weighted by Crippen LogP contribution is -2.39. The van der Waals surface area contributed by atoms with E-state index in [1.165, 1.54) is 18.4 Å². The van der Waals surface area contributed by atoms with E-state index in [-0.39, 0.29) is 11.9 Å². The van der Waals surface area contributed by atoms with E-state index in [0.29, 0.717) is 18.9 Å². The van der Waals surface area contributed by atoms with Gasteiger partial charge < -0.3 is 10.6 Å². The first kappa shape index (κ1) is 11.7. The topological polar surface area (TPSA) is 59.2 Å². The average Bonchev–Trinajstić information content (AvgIpc) is 3.22. The predicted molar refractivity (Wildman–Crippen MR) is 68.7 cm³/mol. The van der Waals surface area contributed by atoms with Crippen LogP contribution in [0.5, 0.6) is 0 Å². The summed E-state index contributed by atoms with van der Waals surface area (Å²) < 4.78 is 0. The van der Waals surface area contributed by atoms with Gasteiger partial charge in [-0.3, -0.25) is 9.78 Å². The number of fused-ring (bicyclic) bond motifs is 1. The van der Waals surface area contributed by atoms with E-state index < -0.39 is 0 Å². The van der Waals surface area contributed by atoms with Gasteiger partial charge in [0.2, 0.25) is 5.91 Å². The van der Waals surface area contributed by atoms with Gasteiger partial charge >= 0.3 is 0 Å². The van der Waals surface area contributed by atoms with E-state index in [0.717, 1.165) is 18.7 Å². The highest BCUT2D eigenvalue weighted by molar-refractivity contribution is 5.77. The van der Waals surface area contributed by atoms with Crippen LogP contribution in [0.2, 0.25) is 0 Å². The van der Waals surface area contributed by atoms with Crippen molar-refractivity contribution in [3.05, 3.63) is 29.6 Å². The molecule has 1 aromatic heterocycles. The Labute approximate surface area is 107 Å². The first-order chi connectivity index (χ1) is 8.74. The summed E-state index contributed by atoms with van der Waals surface area (Å²) in [7, 11) is 0. The molecular formula is C14H19N3O. The van der Waals surface area contributed by atoms with Crippen LogP contribution in [-0.4, -0.2) is 28.4 Å². The number of rotatable bonds is 3. The maximum absolute atomic E-state index is 12.2. The largest absolute Gasteiger partial charge is 0.338 e. The molecule has 0 saturated heterocycles. The molecule has 0 aromatic carbocycles. The molecule has 3 rings (SSSR count). The minimum Gasteiger partial charge on any atom is -0.338 e. The van der Waals surface area contributed by atoms with E-state index >= 15 is 0 Å². The van der Waals surface area contributed by atoms with Crippen molar-refractivity contribution in [2.45, 2.75) is 38.3 Å². The van der Waals surface area contributed by atoms with Crippen LogP contribution in [-0.2, 0) is 17.8 Å². The van der Waals surface area contributed by atoms with Crippen molar-refractivity contribution in [2.24, 2.45) is 11.7 Å². The standard InChI is InChI=1S/C14H19N3O/c15-12(10-3-4-10)8-14(18)17-7-5-13-11(9-17)2-1-6-16-13/h1-2,6,10,12H,3-5,7-9,15H2. The maximum Gasteiger partial charge on any atom is 0.224 e. The van der Waals surface area contributed by atoms with Crippen LogP contribution in [0.1, 0.15) is 30.5 Å². The summed E-state index contributed by atoms with van der Waals surface area (Å²) in [5.41, 5.74) is 8.33. The molecule has 0 bridgehead atoms. The molecule has 0 spiro atoms. The summed E-state index contributed by atoms with van der Waals surface area (Å²) in [5.74, 6) is 0.789. The van der Waals surface area contributed by atoms with Crippen LogP contribution in [0.4, 0.5) is 0 Å². The summed E-state index contributed by atoms with van der Waals surface area (Å²) in [6.07, 6.45) is 5.57. The van der Waals surface area contributed by atoms with Crippen molar-refractivity contribution in [3.63, 3.8) is 0 Å². The van der Waals surface area contributed by atoms with Gasteiger partial charge in [-0.15, -0.1) is 0 Å². The maximum atomic E-state index is 12.2. The number of carbonyl (C=O) groups excluding carboxylic acids is 1. The van der Waals surface area contributed by atoms with Crippen LogP contribution >= 0.6 is 0 Å². The molecule has 1 aliphatic carbocycles.